The number of aromatic nitrogens is 2. The quantitative estimate of drug-likeness (QED) is 0.832. The maximum atomic E-state index is 12.6. The van der Waals surface area contributed by atoms with E-state index >= 15 is 0 Å². The van der Waals surface area contributed by atoms with Gasteiger partial charge in [-0.25, -0.2) is 13.1 Å². The third-order valence-electron chi connectivity index (χ3n) is 4.25. The summed E-state index contributed by atoms with van der Waals surface area (Å²) in [5.74, 6) is -0.118. The van der Waals surface area contributed by atoms with Gasteiger partial charge in [0, 0.05) is 23.8 Å². The molecule has 1 atom stereocenters. The lowest BCUT2D eigenvalue weighted by Crippen LogP contribution is -2.38. The molecule has 1 saturated heterocycles. The molecule has 1 aromatic carbocycles. The van der Waals surface area contributed by atoms with Crippen LogP contribution < -0.4 is 0 Å². The number of hydrogen-bond donors (Lipinski definition) is 0. The van der Waals surface area contributed by atoms with Gasteiger partial charge >= 0.3 is 0 Å². The first kappa shape index (κ1) is 17.0. The summed E-state index contributed by atoms with van der Waals surface area (Å²) < 4.78 is 24.9. The first-order chi connectivity index (χ1) is 11.3. The summed E-state index contributed by atoms with van der Waals surface area (Å²) in [4.78, 5) is 14.1. The Bertz CT molecular complexity index is 874. The third kappa shape index (κ3) is 3.32. The number of benzene rings is 1. The normalized spacial score (nSPS) is 19.4. The number of hydrogen-bond acceptors (Lipinski definition) is 4. The predicted octanol–water partition coefficient (Wildman–Crippen LogP) is 2.09. The van der Waals surface area contributed by atoms with Crippen LogP contribution in [0.3, 0.4) is 0 Å². The van der Waals surface area contributed by atoms with Crippen molar-refractivity contribution >= 4 is 27.3 Å². The fraction of sp³-hybridized carbons (Fsp3) is 0.375. The Morgan fingerprint density at radius 2 is 2.00 bits per heavy atom. The van der Waals surface area contributed by atoms with Crippen LogP contribution in [0.4, 0.5) is 0 Å². The molecule has 2 aromatic rings. The SMILES string of the molecule is Cc1cc(C(=O)N(C)C2CCS(=O)(=O)C2)nn1-c1ccc(Cl)cc1. The number of aryl methyl sites for hydroxylation is 1. The largest absolute Gasteiger partial charge is 0.336 e. The zero-order chi connectivity index (χ0) is 17.5. The van der Waals surface area contributed by atoms with Crippen LogP contribution in [0.15, 0.2) is 30.3 Å². The number of amides is 1. The van der Waals surface area contributed by atoms with E-state index in [4.69, 9.17) is 11.6 Å². The average molecular weight is 368 g/mol. The number of rotatable bonds is 3. The summed E-state index contributed by atoms with van der Waals surface area (Å²) in [7, 11) is -1.41. The van der Waals surface area contributed by atoms with E-state index in [0.29, 0.717) is 17.1 Å². The average Bonchev–Trinajstić information content (AvgIpc) is 3.09. The maximum absolute atomic E-state index is 12.6. The topological polar surface area (TPSA) is 72.3 Å². The van der Waals surface area contributed by atoms with E-state index in [2.05, 4.69) is 5.10 Å². The lowest BCUT2D eigenvalue weighted by Gasteiger charge is -2.22. The summed E-state index contributed by atoms with van der Waals surface area (Å²) in [6.45, 7) is 1.86. The fourth-order valence-electron chi connectivity index (χ4n) is 2.85. The predicted molar refractivity (Wildman–Crippen MR) is 92.5 cm³/mol. The second-order valence-electron chi connectivity index (χ2n) is 6.03. The minimum atomic E-state index is -3.04. The molecule has 8 heteroatoms. The second kappa shape index (κ2) is 6.22. The van der Waals surface area contributed by atoms with Crippen molar-refractivity contribution in [1.82, 2.24) is 14.7 Å². The summed E-state index contributed by atoms with van der Waals surface area (Å²) in [5.41, 5.74) is 1.92. The molecule has 2 heterocycles. The Morgan fingerprint density at radius 3 is 2.58 bits per heavy atom. The van der Waals surface area contributed by atoms with E-state index < -0.39 is 9.84 Å². The molecule has 0 N–H and O–H groups in total. The van der Waals surface area contributed by atoms with Gasteiger partial charge in [-0.05, 0) is 43.7 Å². The Kier molecular flexibility index (Phi) is 4.40. The summed E-state index contributed by atoms with van der Waals surface area (Å²) in [5, 5.41) is 5.00. The van der Waals surface area contributed by atoms with Crippen LogP contribution in [0.2, 0.25) is 5.02 Å². The molecule has 0 saturated carbocycles. The van der Waals surface area contributed by atoms with E-state index in [9.17, 15) is 13.2 Å². The Balaban J connectivity index is 1.84. The van der Waals surface area contributed by atoms with Crippen molar-refractivity contribution in [2.24, 2.45) is 0 Å². The van der Waals surface area contributed by atoms with Gasteiger partial charge in [0.1, 0.15) is 0 Å². The molecule has 0 spiro atoms. The van der Waals surface area contributed by atoms with Crippen molar-refractivity contribution in [2.75, 3.05) is 18.6 Å². The molecular formula is C16H18ClN3O3S. The number of carbonyl (C=O) groups excluding carboxylic acids is 1. The van der Waals surface area contributed by atoms with Gasteiger partial charge in [0.05, 0.1) is 17.2 Å². The molecule has 0 bridgehead atoms. The first-order valence-electron chi connectivity index (χ1n) is 7.57. The van der Waals surface area contributed by atoms with E-state index in [0.717, 1.165) is 11.4 Å². The molecular weight excluding hydrogens is 350 g/mol. The van der Waals surface area contributed by atoms with Crippen molar-refractivity contribution in [3.8, 4) is 5.69 Å². The van der Waals surface area contributed by atoms with Crippen molar-refractivity contribution < 1.29 is 13.2 Å². The molecule has 0 radical (unpaired) electrons. The van der Waals surface area contributed by atoms with Crippen molar-refractivity contribution in [3.63, 3.8) is 0 Å². The van der Waals surface area contributed by atoms with Crippen LogP contribution in [0, 0.1) is 6.92 Å². The number of halogens is 1. The van der Waals surface area contributed by atoms with Crippen molar-refractivity contribution in [2.45, 2.75) is 19.4 Å². The first-order valence-corrected chi connectivity index (χ1v) is 9.77. The van der Waals surface area contributed by atoms with Gasteiger partial charge in [-0.1, -0.05) is 11.6 Å². The van der Waals surface area contributed by atoms with E-state index in [1.807, 2.05) is 19.1 Å². The molecule has 1 aromatic heterocycles. The highest BCUT2D eigenvalue weighted by molar-refractivity contribution is 7.91. The van der Waals surface area contributed by atoms with Crippen LogP contribution in [0.5, 0.6) is 0 Å². The zero-order valence-electron chi connectivity index (χ0n) is 13.4. The standard InChI is InChI=1S/C16H18ClN3O3S/c1-11-9-15(18-20(11)13-5-3-12(17)4-6-13)16(21)19(2)14-7-8-24(22,23)10-14/h3-6,9,14H,7-8,10H2,1-2H3. The van der Waals surface area contributed by atoms with Gasteiger partial charge in [-0.3, -0.25) is 4.79 Å². The molecule has 3 rings (SSSR count). The highest BCUT2D eigenvalue weighted by Crippen LogP contribution is 2.20. The van der Waals surface area contributed by atoms with Crippen LogP contribution >= 0.6 is 11.6 Å². The third-order valence-corrected chi connectivity index (χ3v) is 6.26. The summed E-state index contributed by atoms with van der Waals surface area (Å²) >= 11 is 5.89. The Hall–Kier alpha value is -1.86. The number of carbonyl (C=O) groups is 1. The summed E-state index contributed by atoms with van der Waals surface area (Å²) in [6, 6.07) is 8.58. The Morgan fingerprint density at radius 1 is 1.33 bits per heavy atom. The van der Waals surface area contributed by atoms with Crippen LogP contribution in [-0.4, -0.2) is 53.6 Å². The molecule has 1 aliphatic heterocycles. The molecule has 0 aliphatic carbocycles. The smallest absolute Gasteiger partial charge is 0.274 e. The molecule has 128 valence electrons. The van der Waals surface area contributed by atoms with Gasteiger partial charge in [-0.2, -0.15) is 5.10 Å². The lowest BCUT2D eigenvalue weighted by atomic mass is 10.2. The highest BCUT2D eigenvalue weighted by Gasteiger charge is 2.33. The molecule has 24 heavy (non-hydrogen) atoms. The minimum absolute atomic E-state index is 0.0200. The van der Waals surface area contributed by atoms with Gasteiger partial charge in [0.2, 0.25) is 0 Å². The molecule has 1 unspecified atom stereocenters. The molecule has 6 nitrogen and oxygen atoms in total. The molecule has 1 aliphatic rings. The van der Waals surface area contributed by atoms with E-state index in [1.165, 1.54) is 4.90 Å². The monoisotopic (exact) mass is 367 g/mol. The van der Waals surface area contributed by atoms with Crippen molar-refractivity contribution in [1.29, 1.82) is 0 Å². The minimum Gasteiger partial charge on any atom is -0.336 e. The van der Waals surface area contributed by atoms with Crippen LogP contribution in [0.25, 0.3) is 5.69 Å². The van der Waals surface area contributed by atoms with Gasteiger partial charge < -0.3 is 4.90 Å². The van der Waals surface area contributed by atoms with E-state index in [-0.39, 0.29) is 23.5 Å². The zero-order valence-corrected chi connectivity index (χ0v) is 15.0. The van der Waals surface area contributed by atoms with Gasteiger partial charge in [0.15, 0.2) is 15.5 Å². The van der Waals surface area contributed by atoms with Gasteiger partial charge in [-0.15, -0.1) is 0 Å². The maximum Gasteiger partial charge on any atom is 0.274 e. The number of nitrogens with zero attached hydrogens (tertiary/aromatic N) is 3. The highest BCUT2D eigenvalue weighted by atomic mass is 35.5. The fourth-order valence-corrected chi connectivity index (χ4v) is 4.75. The van der Waals surface area contributed by atoms with Crippen molar-refractivity contribution in [3.05, 3.63) is 46.7 Å². The Labute approximate surface area is 145 Å². The summed E-state index contributed by atoms with van der Waals surface area (Å²) in [6.07, 6.45) is 0.474. The number of sulfone groups is 1. The van der Waals surface area contributed by atoms with Gasteiger partial charge in [0.25, 0.3) is 5.91 Å². The second-order valence-corrected chi connectivity index (χ2v) is 8.70. The molecule has 1 fully saturated rings. The van der Waals surface area contributed by atoms with Crippen LogP contribution in [0.1, 0.15) is 22.6 Å². The molecule has 1 amide bonds. The lowest BCUT2D eigenvalue weighted by molar-refractivity contribution is 0.0741. The van der Waals surface area contributed by atoms with Crippen LogP contribution in [-0.2, 0) is 9.84 Å². The van der Waals surface area contributed by atoms with E-state index in [1.54, 1.807) is 29.9 Å².